The Balaban J connectivity index is 2.15. The monoisotopic (exact) mass is 354 g/mol. The Morgan fingerprint density at radius 1 is 1.17 bits per heavy atom. The molecule has 1 aliphatic heterocycles. The van der Waals surface area contributed by atoms with Gasteiger partial charge in [0, 0.05) is 13.1 Å². The van der Waals surface area contributed by atoms with Crippen molar-refractivity contribution in [3.05, 3.63) is 24.3 Å². The van der Waals surface area contributed by atoms with Crippen LogP contribution in [0.2, 0.25) is 0 Å². The number of hydrogen-bond donors (Lipinski definition) is 0. The molecule has 0 N–H and O–H groups in total. The fourth-order valence-corrected chi connectivity index (χ4v) is 3.58. The number of benzene rings is 1. The van der Waals surface area contributed by atoms with E-state index in [1.807, 2.05) is 13.8 Å². The highest BCUT2D eigenvalue weighted by atomic mass is 32.2. The molecule has 0 bridgehead atoms. The first-order valence-corrected chi connectivity index (χ1v) is 10.1. The number of carbonyl (C=O) groups excluding carboxylic acids is 1. The van der Waals surface area contributed by atoms with Crippen molar-refractivity contribution in [2.45, 2.75) is 39.2 Å². The molecule has 1 saturated heterocycles. The zero-order valence-electron chi connectivity index (χ0n) is 14.6. The van der Waals surface area contributed by atoms with E-state index in [2.05, 4.69) is 0 Å². The van der Waals surface area contributed by atoms with Crippen LogP contribution in [0, 0.1) is 0 Å². The molecule has 0 radical (unpaired) electrons. The number of likely N-dealkylation sites (tertiary alicyclic amines) is 1. The van der Waals surface area contributed by atoms with Crippen molar-refractivity contribution in [1.82, 2.24) is 4.90 Å². The van der Waals surface area contributed by atoms with Crippen LogP contribution in [0.25, 0.3) is 0 Å². The molecule has 0 aliphatic carbocycles. The Kier molecular flexibility index (Phi) is 6.10. The van der Waals surface area contributed by atoms with Crippen molar-refractivity contribution >= 4 is 21.6 Å². The van der Waals surface area contributed by atoms with Crippen LogP contribution in [0.5, 0.6) is 5.75 Å². The molecule has 1 aromatic carbocycles. The molecule has 1 fully saturated rings. The van der Waals surface area contributed by atoms with Crippen molar-refractivity contribution in [3.8, 4) is 5.75 Å². The van der Waals surface area contributed by atoms with E-state index in [4.69, 9.17) is 4.74 Å². The minimum absolute atomic E-state index is 0.0440. The van der Waals surface area contributed by atoms with Crippen LogP contribution in [0.4, 0.5) is 5.69 Å². The third-order valence-corrected chi connectivity index (χ3v) is 5.03. The number of rotatable bonds is 6. The van der Waals surface area contributed by atoms with Gasteiger partial charge < -0.3 is 9.64 Å². The molecule has 7 heteroatoms. The summed E-state index contributed by atoms with van der Waals surface area (Å²) in [7, 11) is -3.54. The number of carbonyl (C=O) groups is 1. The summed E-state index contributed by atoms with van der Waals surface area (Å²) in [4.78, 5) is 14.2. The van der Waals surface area contributed by atoms with Gasteiger partial charge in [0.2, 0.25) is 15.9 Å². The zero-order chi connectivity index (χ0) is 17.7. The first-order valence-electron chi connectivity index (χ1n) is 8.29. The van der Waals surface area contributed by atoms with E-state index in [0.717, 1.165) is 29.8 Å². The number of ether oxygens (including phenoxy) is 1. The number of anilines is 1. The molecule has 24 heavy (non-hydrogen) atoms. The van der Waals surface area contributed by atoms with E-state index in [-0.39, 0.29) is 18.6 Å². The Morgan fingerprint density at radius 2 is 1.75 bits per heavy atom. The zero-order valence-corrected chi connectivity index (χ0v) is 15.4. The molecule has 1 amide bonds. The van der Waals surface area contributed by atoms with Gasteiger partial charge in [-0.25, -0.2) is 8.42 Å². The summed E-state index contributed by atoms with van der Waals surface area (Å²) in [6.07, 6.45) is 4.24. The minimum atomic E-state index is -3.54. The third-order valence-electron chi connectivity index (χ3n) is 3.88. The van der Waals surface area contributed by atoms with Crippen LogP contribution in [0.3, 0.4) is 0 Å². The molecule has 1 heterocycles. The van der Waals surface area contributed by atoms with Crippen molar-refractivity contribution in [2.24, 2.45) is 0 Å². The average molecular weight is 354 g/mol. The lowest BCUT2D eigenvalue weighted by atomic mass is 10.1. The molecule has 0 saturated carbocycles. The van der Waals surface area contributed by atoms with Gasteiger partial charge in [-0.2, -0.15) is 0 Å². The Bertz CT molecular complexity index is 650. The Hall–Kier alpha value is -1.76. The van der Waals surface area contributed by atoms with Gasteiger partial charge in [-0.15, -0.1) is 0 Å². The number of hydrogen-bond acceptors (Lipinski definition) is 4. The highest BCUT2D eigenvalue weighted by Gasteiger charge is 2.24. The summed E-state index contributed by atoms with van der Waals surface area (Å²) in [6, 6.07) is 6.78. The molecular weight excluding hydrogens is 328 g/mol. The molecular formula is C17H26N2O4S. The largest absolute Gasteiger partial charge is 0.491 e. The van der Waals surface area contributed by atoms with Crippen LogP contribution in [0.15, 0.2) is 24.3 Å². The maximum absolute atomic E-state index is 12.4. The van der Waals surface area contributed by atoms with Crippen molar-refractivity contribution in [2.75, 3.05) is 30.2 Å². The summed E-state index contributed by atoms with van der Waals surface area (Å²) in [5.74, 6) is 0.521. The fraction of sp³-hybridized carbons (Fsp3) is 0.588. The van der Waals surface area contributed by atoms with Crippen LogP contribution in [0.1, 0.15) is 33.1 Å². The number of amides is 1. The Morgan fingerprint density at radius 3 is 2.25 bits per heavy atom. The lowest BCUT2D eigenvalue weighted by Gasteiger charge is -2.30. The van der Waals surface area contributed by atoms with Crippen LogP contribution < -0.4 is 9.04 Å². The van der Waals surface area contributed by atoms with Gasteiger partial charge in [-0.1, -0.05) is 0 Å². The van der Waals surface area contributed by atoms with Crippen molar-refractivity contribution in [1.29, 1.82) is 0 Å². The standard InChI is InChI=1S/C17H26N2O4S/c1-14(2)23-16-9-7-15(8-10-16)19(24(3,21)22)13-17(20)18-11-5-4-6-12-18/h7-10,14H,4-6,11-13H2,1-3H3. The van der Waals surface area contributed by atoms with E-state index in [0.29, 0.717) is 24.5 Å². The quantitative estimate of drug-likeness (QED) is 0.786. The van der Waals surface area contributed by atoms with Crippen LogP contribution >= 0.6 is 0 Å². The fourth-order valence-electron chi connectivity index (χ4n) is 2.73. The summed E-state index contributed by atoms with van der Waals surface area (Å²) < 4.78 is 31.0. The molecule has 2 rings (SSSR count). The molecule has 0 aromatic heterocycles. The van der Waals surface area contributed by atoms with Crippen LogP contribution in [-0.4, -0.2) is 51.2 Å². The molecule has 0 unspecified atom stereocenters. The van der Waals surface area contributed by atoms with Gasteiger partial charge in [-0.05, 0) is 57.4 Å². The predicted octanol–water partition coefficient (Wildman–Crippen LogP) is 2.25. The van der Waals surface area contributed by atoms with Gasteiger partial charge in [-0.3, -0.25) is 9.10 Å². The first kappa shape index (κ1) is 18.6. The number of piperidine rings is 1. The van der Waals surface area contributed by atoms with Gasteiger partial charge in [0.05, 0.1) is 18.0 Å². The lowest BCUT2D eigenvalue weighted by Crippen LogP contribution is -2.44. The van der Waals surface area contributed by atoms with E-state index >= 15 is 0 Å². The lowest BCUT2D eigenvalue weighted by molar-refractivity contribution is -0.130. The van der Waals surface area contributed by atoms with E-state index < -0.39 is 10.0 Å². The maximum atomic E-state index is 12.4. The highest BCUT2D eigenvalue weighted by molar-refractivity contribution is 7.92. The van der Waals surface area contributed by atoms with E-state index in [1.165, 1.54) is 0 Å². The summed E-state index contributed by atoms with van der Waals surface area (Å²) in [6.45, 7) is 5.10. The minimum Gasteiger partial charge on any atom is -0.491 e. The normalized spacial score (nSPS) is 15.4. The van der Waals surface area contributed by atoms with Crippen molar-refractivity contribution in [3.63, 3.8) is 0 Å². The summed E-state index contributed by atoms with van der Waals surface area (Å²) in [5, 5.41) is 0. The third kappa shape index (κ3) is 5.12. The molecule has 0 atom stereocenters. The molecule has 1 aromatic rings. The second kappa shape index (κ2) is 7.88. The average Bonchev–Trinajstić information content (AvgIpc) is 2.52. The predicted molar refractivity (Wildman–Crippen MR) is 94.8 cm³/mol. The van der Waals surface area contributed by atoms with Crippen molar-refractivity contribution < 1.29 is 17.9 Å². The first-order chi connectivity index (χ1) is 11.3. The summed E-state index contributed by atoms with van der Waals surface area (Å²) in [5.41, 5.74) is 0.471. The second-order valence-electron chi connectivity index (χ2n) is 6.37. The SMILES string of the molecule is CC(C)Oc1ccc(N(CC(=O)N2CCCCC2)S(C)(=O)=O)cc1. The second-order valence-corrected chi connectivity index (χ2v) is 8.28. The topological polar surface area (TPSA) is 66.9 Å². The smallest absolute Gasteiger partial charge is 0.243 e. The molecule has 134 valence electrons. The molecule has 1 aliphatic rings. The van der Waals surface area contributed by atoms with Gasteiger partial charge >= 0.3 is 0 Å². The molecule has 0 spiro atoms. The number of sulfonamides is 1. The van der Waals surface area contributed by atoms with Gasteiger partial charge in [0.25, 0.3) is 0 Å². The van der Waals surface area contributed by atoms with E-state index in [1.54, 1.807) is 29.2 Å². The molecule has 6 nitrogen and oxygen atoms in total. The van der Waals surface area contributed by atoms with E-state index in [9.17, 15) is 13.2 Å². The number of nitrogens with zero attached hydrogens (tertiary/aromatic N) is 2. The van der Waals surface area contributed by atoms with Gasteiger partial charge in [0.1, 0.15) is 12.3 Å². The summed E-state index contributed by atoms with van der Waals surface area (Å²) >= 11 is 0. The Labute approximate surface area is 144 Å². The highest BCUT2D eigenvalue weighted by Crippen LogP contribution is 2.22. The van der Waals surface area contributed by atoms with Gasteiger partial charge in [0.15, 0.2) is 0 Å². The maximum Gasteiger partial charge on any atom is 0.243 e. The van der Waals surface area contributed by atoms with Crippen LogP contribution in [-0.2, 0) is 14.8 Å².